The van der Waals surface area contributed by atoms with E-state index in [1.165, 1.54) is 0 Å². The standard InChI is InChI=1S/C13H19N3O/c1-3-11(17)8-14-9-12-10(2)15-13-6-4-5-7-16(12)13/h4-7,11,14,17H,3,8-9H2,1-2H3. The minimum Gasteiger partial charge on any atom is -0.392 e. The van der Waals surface area contributed by atoms with Crippen LogP contribution in [0.5, 0.6) is 0 Å². The van der Waals surface area contributed by atoms with Crippen molar-refractivity contribution in [2.75, 3.05) is 6.54 Å². The lowest BCUT2D eigenvalue weighted by molar-refractivity contribution is 0.167. The van der Waals surface area contributed by atoms with Gasteiger partial charge in [-0.1, -0.05) is 13.0 Å². The summed E-state index contributed by atoms with van der Waals surface area (Å²) in [5, 5.41) is 12.7. The van der Waals surface area contributed by atoms with Crippen molar-refractivity contribution in [2.45, 2.75) is 32.9 Å². The molecular formula is C13H19N3O. The fourth-order valence-electron chi connectivity index (χ4n) is 1.88. The monoisotopic (exact) mass is 233 g/mol. The van der Waals surface area contributed by atoms with Crippen molar-refractivity contribution in [2.24, 2.45) is 0 Å². The third-order valence-electron chi connectivity index (χ3n) is 2.97. The van der Waals surface area contributed by atoms with Gasteiger partial charge in [-0.25, -0.2) is 4.98 Å². The molecule has 4 heteroatoms. The molecular weight excluding hydrogens is 214 g/mol. The summed E-state index contributed by atoms with van der Waals surface area (Å²) in [6.07, 6.45) is 2.52. The lowest BCUT2D eigenvalue weighted by Gasteiger charge is -2.09. The molecule has 17 heavy (non-hydrogen) atoms. The Labute approximate surface area is 101 Å². The maximum atomic E-state index is 9.48. The molecule has 0 bridgehead atoms. The van der Waals surface area contributed by atoms with Crippen molar-refractivity contribution in [1.29, 1.82) is 0 Å². The van der Waals surface area contributed by atoms with Crippen LogP contribution in [0.4, 0.5) is 0 Å². The summed E-state index contributed by atoms with van der Waals surface area (Å²) in [6, 6.07) is 5.98. The maximum Gasteiger partial charge on any atom is 0.137 e. The topological polar surface area (TPSA) is 49.6 Å². The van der Waals surface area contributed by atoms with Crippen LogP contribution in [0, 0.1) is 6.92 Å². The molecule has 2 aromatic rings. The van der Waals surface area contributed by atoms with E-state index >= 15 is 0 Å². The lowest BCUT2D eigenvalue weighted by atomic mass is 10.2. The van der Waals surface area contributed by atoms with Crippen molar-refractivity contribution in [3.63, 3.8) is 0 Å². The zero-order valence-corrected chi connectivity index (χ0v) is 10.3. The number of aryl methyl sites for hydroxylation is 1. The van der Waals surface area contributed by atoms with Crippen molar-refractivity contribution in [3.8, 4) is 0 Å². The molecule has 2 rings (SSSR count). The second-order valence-corrected chi connectivity index (χ2v) is 4.27. The van der Waals surface area contributed by atoms with E-state index < -0.39 is 0 Å². The van der Waals surface area contributed by atoms with Gasteiger partial charge in [0.05, 0.1) is 17.5 Å². The van der Waals surface area contributed by atoms with Crippen molar-refractivity contribution in [1.82, 2.24) is 14.7 Å². The van der Waals surface area contributed by atoms with Crippen LogP contribution in [-0.2, 0) is 6.54 Å². The Morgan fingerprint density at radius 3 is 3.06 bits per heavy atom. The zero-order valence-electron chi connectivity index (χ0n) is 10.3. The highest BCUT2D eigenvalue weighted by Crippen LogP contribution is 2.11. The first-order valence-electron chi connectivity index (χ1n) is 6.03. The summed E-state index contributed by atoms with van der Waals surface area (Å²) in [4.78, 5) is 4.49. The second-order valence-electron chi connectivity index (χ2n) is 4.27. The number of fused-ring (bicyclic) bond motifs is 1. The van der Waals surface area contributed by atoms with Crippen molar-refractivity contribution >= 4 is 5.65 Å². The summed E-state index contributed by atoms with van der Waals surface area (Å²) in [5.41, 5.74) is 3.16. The molecule has 0 aliphatic rings. The normalized spacial score (nSPS) is 13.1. The van der Waals surface area contributed by atoms with Crippen LogP contribution in [0.15, 0.2) is 24.4 Å². The molecule has 0 saturated carbocycles. The van der Waals surface area contributed by atoms with Crippen LogP contribution in [0.2, 0.25) is 0 Å². The first kappa shape index (κ1) is 12.1. The van der Waals surface area contributed by atoms with Crippen LogP contribution in [-0.4, -0.2) is 27.1 Å². The Morgan fingerprint density at radius 1 is 1.47 bits per heavy atom. The van der Waals surface area contributed by atoms with E-state index in [2.05, 4.69) is 14.7 Å². The molecule has 0 amide bonds. The van der Waals surface area contributed by atoms with Crippen LogP contribution in [0.3, 0.4) is 0 Å². The minimum atomic E-state index is -0.269. The number of aliphatic hydroxyl groups is 1. The highest BCUT2D eigenvalue weighted by atomic mass is 16.3. The number of nitrogens with one attached hydrogen (secondary N) is 1. The van der Waals surface area contributed by atoms with E-state index in [-0.39, 0.29) is 6.10 Å². The van der Waals surface area contributed by atoms with Crippen molar-refractivity contribution < 1.29 is 5.11 Å². The summed E-state index contributed by atoms with van der Waals surface area (Å²) in [6.45, 7) is 5.34. The molecule has 0 aliphatic carbocycles. The fourth-order valence-corrected chi connectivity index (χ4v) is 1.88. The van der Waals surface area contributed by atoms with Gasteiger partial charge in [0.2, 0.25) is 0 Å². The Hall–Kier alpha value is -1.39. The quantitative estimate of drug-likeness (QED) is 0.823. The molecule has 2 aromatic heterocycles. The zero-order chi connectivity index (χ0) is 12.3. The van der Waals surface area contributed by atoms with E-state index in [0.29, 0.717) is 6.54 Å². The maximum absolute atomic E-state index is 9.48. The summed E-state index contributed by atoms with van der Waals surface area (Å²) in [5.74, 6) is 0. The molecule has 0 radical (unpaired) electrons. The number of hydrogen-bond acceptors (Lipinski definition) is 3. The van der Waals surface area contributed by atoms with Gasteiger partial charge in [0.1, 0.15) is 5.65 Å². The molecule has 0 saturated heterocycles. The van der Waals surface area contributed by atoms with Crippen LogP contribution < -0.4 is 5.32 Å². The van der Waals surface area contributed by atoms with Gasteiger partial charge in [-0.15, -0.1) is 0 Å². The molecule has 0 spiro atoms. The average Bonchev–Trinajstić information content (AvgIpc) is 2.66. The predicted octanol–water partition coefficient (Wildman–Crippen LogP) is 1.50. The number of nitrogens with zero attached hydrogens (tertiary/aromatic N) is 2. The van der Waals surface area contributed by atoms with Gasteiger partial charge >= 0.3 is 0 Å². The Bertz CT molecular complexity index is 492. The summed E-state index contributed by atoms with van der Waals surface area (Å²) >= 11 is 0. The van der Waals surface area contributed by atoms with E-state index in [1.807, 2.05) is 38.2 Å². The number of aromatic nitrogens is 2. The van der Waals surface area contributed by atoms with Crippen molar-refractivity contribution in [3.05, 3.63) is 35.8 Å². The number of pyridine rings is 1. The SMILES string of the molecule is CCC(O)CNCc1c(C)nc2ccccn12. The van der Waals surface area contributed by atoms with Gasteiger partial charge < -0.3 is 14.8 Å². The molecule has 92 valence electrons. The number of hydrogen-bond donors (Lipinski definition) is 2. The van der Waals surface area contributed by atoms with Crippen LogP contribution in [0.1, 0.15) is 24.7 Å². The highest BCUT2D eigenvalue weighted by Gasteiger charge is 2.08. The van der Waals surface area contributed by atoms with E-state index in [9.17, 15) is 5.11 Å². The summed E-state index contributed by atoms with van der Waals surface area (Å²) in [7, 11) is 0. The predicted molar refractivity (Wildman–Crippen MR) is 67.9 cm³/mol. The second kappa shape index (κ2) is 5.29. The van der Waals surface area contributed by atoms with Gasteiger partial charge in [-0.3, -0.25) is 0 Å². The van der Waals surface area contributed by atoms with E-state index in [0.717, 1.165) is 30.0 Å². The van der Waals surface area contributed by atoms with E-state index in [1.54, 1.807) is 0 Å². The van der Waals surface area contributed by atoms with Gasteiger partial charge in [0.15, 0.2) is 0 Å². The fraction of sp³-hybridized carbons (Fsp3) is 0.462. The molecule has 1 atom stereocenters. The van der Waals surface area contributed by atoms with Crippen LogP contribution in [0.25, 0.3) is 5.65 Å². The largest absolute Gasteiger partial charge is 0.392 e. The molecule has 2 heterocycles. The molecule has 0 aromatic carbocycles. The lowest BCUT2D eigenvalue weighted by Crippen LogP contribution is -2.26. The Morgan fingerprint density at radius 2 is 2.29 bits per heavy atom. The summed E-state index contributed by atoms with van der Waals surface area (Å²) < 4.78 is 2.08. The highest BCUT2D eigenvalue weighted by molar-refractivity contribution is 5.42. The molecule has 2 N–H and O–H groups in total. The molecule has 1 unspecified atom stereocenters. The Kier molecular flexibility index (Phi) is 3.76. The molecule has 0 aliphatic heterocycles. The van der Waals surface area contributed by atoms with Gasteiger partial charge in [-0.05, 0) is 25.5 Å². The smallest absolute Gasteiger partial charge is 0.137 e. The first-order valence-corrected chi connectivity index (χ1v) is 6.03. The van der Waals surface area contributed by atoms with Gasteiger partial charge in [-0.2, -0.15) is 0 Å². The van der Waals surface area contributed by atoms with Gasteiger partial charge in [0, 0.05) is 19.3 Å². The third kappa shape index (κ3) is 2.65. The first-order chi connectivity index (χ1) is 8.22. The van der Waals surface area contributed by atoms with Gasteiger partial charge in [0.25, 0.3) is 0 Å². The molecule has 4 nitrogen and oxygen atoms in total. The average molecular weight is 233 g/mol. The third-order valence-corrected chi connectivity index (χ3v) is 2.97. The minimum absolute atomic E-state index is 0.269. The molecule has 0 fully saturated rings. The van der Waals surface area contributed by atoms with E-state index in [4.69, 9.17) is 0 Å². The number of imidazole rings is 1. The number of aliphatic hydroxyl groups excluding tert-OH is 1. The van der Waals surface area contributed by atoms with Crippen LogP contribution >= 0.6 is 0 Å². The Balaban J connectivity index is 2.10. The number of rotatable bonds is 5.